The molecule has 1 heterocycles. The smallest absolute Gasteiger partial charge is 0.239 e. The van der Waals surface area contributed by atoms with Crippen LogP contribution in [0.15, 0.2) is 40.9 Å². The fourth-order valence-electron chi connectivity index (χ4n) is 1.82. The highest BCUT2D eigenvalue weighted by atomic mass is 79.9. The summed E-state index contributed by atoms with van der Waals surface area (Å²) in [4.78, 5) is 4.43. The van der Waals surface area contributed by atoms with E-state index in [-0.39, 0.29) is 0 Å². The predicted molar refractivity (Wildman–Crippen MR) is 84.3 cm³/mol. The van der Waals surface area contributed by atoms with Gasteiger partial charge in [0.25, 0.3) is 0 Å². The molecule has 0 radical (unpaired) electrons. The molecule has 0 amide bonds. The van der Waals surface area contributed by atoms with E-state index < -0.39 is 0 Å². The van der Waals surface area contributed by atoms with Gasteiger partial charge in [-0.05, 0) is 59.0 Å². The maximum Gasteiger partial charge on any atom is 0.239 e. The van der Waals surface area contributed by atoms with Crippen molar-refractivity contribution in [2.75, 3.05) is 17.7 Å². The van der Waals surface area contributed by atoms with E-state index in [0.717, 1.165) is 16.0 Å². The molecule has 0 bridgehead atoms. The maximum absolute atomic E-state index is 5.89. The third kappa shape index (κ3) is 3.22. The number of hydrogen-bond acceptors (Lipinski definition) is 4. The van der Waals surface area contributed by atoms with Crippen LogP contribution in [-0.2, 0) is 0 Å². The van der Waals surface area contributed by atoms with Crippen molar-refractivity contribution in [3.8, 4) is 5.88 Å². The number of nitrogens with two attached hydrogens (primary N) is 1. The molecule has 3 N–H and O–H groups in total. The van der Waals surface area contributed by atoms with Crippen LogP contribution in [-0.4, -0.2) is 11.6 Å². The number of nitrogens with one attached hydrogen (secondary N) is 1. The second-order valence-corrected chi connectivity index (χ2v) is 5.80. The summed E-state index contributed by atoms with van der Waals surface area (Å²) >= 11 is 3.50. The fourth-order valence-corrected chi connectivity index (χ4v) is 2.20. The van der Waals surface area contributed by atoms with Crippen molar-refractivity contribution in [2.45, 2.75) is 12.8 Å². The van der Waals surface area contributed by atoms with Gasteiger partial charge in [-0.3, -0.25) is 0 Å². The van der Waals surface area contributed by atoms with Crippen LogP contribution in [0, 0.1) is 5.92 Å². The first-order valence-corrected chi connectivity index (χ1v) is 7.42. The van der Waals surface area contributed by atoms with Crippen LogP contribution >= 0.6 is 15.9 Å². The average molecular weight is 334 g/mol. The molecule has 0 atom stereocenters. The third-order valence-corrected chi connectivity index (χ3v) is 3.87. The van der Waals surface area contributed by atoms with Gasteiger partial charge in [-0.1, -0.05) is 12.1 Å². The molecular weight excluding hydrogens is 318 g/mol. The largest absolute Gasteiger partial charge is 0.476 e. The highest BCUT2D eigenvalue weighted by molar-refractivity contribution is 9.10. The highest BCUT2D eigenvalue weighted by Crippen LogP contribution is 2.31. The number of para-hydroxylation sites is 1. The number of ether oxygens (including phenoxy) is 1. The Hall–Kier alpha value is -1.75. The Morgan fingerprint density at radius 2 is 2.05 bits per heavy atom. The fraction of sp³-hybridized carbons (Fsp3) is 0.267. The Labute approximate surface area is 126 Å². The Bertz CT molecular complexity index is 614. The molecule has 1 saturated carbocycles. The summed E-state index contributed by atoms with van der Waals surface area (Å²) in [7, 11) is 0. The minimum Gasteiger partial charge on any atom is -0.476 e. The summed E-state index contributed by atoms with van der Waals surface area (Å²) in [6.45, 7) is 0.704. The van der Waals surface area contributed by atoms with Crippen molar-refractivity contribution in [2.24, 2.45) is 5.92 Å². The molecule has 0 aliphatic heterocycles. The average Bonchev–Trinajstić information content (AvgIpc) is 3.26. The van der Waals surface area contributed by atoms with Crippen molar-refractivity contribution >= 4 is 33.1 Å². The van der Waals surface area contributed by atoms with Crippen LogP contribution in [0.2, 0.25) is 0 Å². The molecule has 5 heteroatoms. The molecule has 0 unspecified atom stereocenters. The van der Waals surface area contributed by atoms with Crippen molar-refractivity contribution in [3.63, 3.8) is 0 Å². The molecule has 1 aliphatic rings. The molecular formula is C15H16BrN3O. The van der Waals surface area contributed by atoms with E-state index in [1.807, 2.05) is 36.4 Å². The molecule has 2 aromatic rings. The molecule has 0 spiro atoms. The molecule has 0 saturated heterocycles. The first-order valence-electron chi connectivity index (χ1n) is 6.63. The number of pyridine rings is 1. The van der Waals surface area contributed by atoms with E-state index >= 15 is 0 Å². The monoisotopic (exact) mass is 333 g/mol. The zero-order chi connectivity index (χ0) is 13.9. The first kappa shape index (κ1) is 13.2. The van der Waals surface area contributed by atoms with Gasteiger partial charge in [0.05, 0.1) is 18.0 Å². The van der Waals surface area contributed by atoms with E-state index in [4.69, 9.17) is 10.5 Å². The number of aromatic nitrogens is 1. The lowest BCUT2D eigenvalue weighted by molar-refractivity contribution is 0.290. The number of nitrogens with zero attached hydrogens (tertiary/aromatic N) is 1. The van der Waals surface area contributed by atoms with Gasteiger partial charge in [0, 0.05) is 4.47 Å². The van der Waals surface area contributed by atoms with Crippen LogP contribution in [0.1, 0.15) is 12.8 Å². The second kappa shape index (κ2) is 5.71. The Morgan fingerprint density at radius 3 is 2.80 bits per heavy atom. The van der Waals surface area contributed by atoms with E-state index in [1.54, 1.807) is 0 Å². The number of halogens is 1. The lowest BCUT2D eigenvalue weighted by Crippen LogP contribution is -2.05. The lowest BCUT2D eigenvalue weighted by Gasteiger charge is -2.11. The molecule has 1 aliphatic carbocycles. The SMILES string of the molecule is Nc1ccc(Nc2ccccc2Br)nc1OCC1CC1. The number of anilines is 3. The Balaban J connectivity index is 1.75. The number of rotatable bonds is 5. The normalized spacial score (nSPS) is 14.1. The summed E-state index contributed by atoms with van der Waals surface area (Å²) < 4.78 is 6.67. The number of benzene rings is 1. The van der Waals surface area contributed by atoms with E-state index in [9.17, 15) is 0 Å². The number of nitrogen functional groups attached to an aromatic ring is 1. The second-order valence-electron chi connectivity index (χ2n) is 4.95. The van der Waals surface area contributed by atoms with E-state index in [2.05, 4.69) is 26.2 Å². The standard InChI is InChI=1S/C15H16BrN3O/c16-11-3-1-2-4-13(11)18-14-8-7-12(17)15(19-14)20-9-10-5-6-10/h1-4,7-8,10H,5-6,9,17H2,(H,18,19). The van der Waals surface area contributed by atoms with Crippen LogP contribution < -0.4 is 15.8 Å². The zero-order valence-electron chi connectivity index (χ0n) is 11.0. The maximum atomic E-state index is 5.89. The summed E-state index contributed by atoms with van der Waals surface area (Å²) in [5.41, 5.74) is 7.42. The zero-order valence-corrected chi connectivity index (χ0v) is 12.6. The minimum absolute atomic E-state index is 0.508. The van der Waals surface area contributed by atoms with Gasteiger partial charge in [0.1, 0.15) is 5.82 Å². The van der Waals surface area contributed by atoms with Gasteiger partial charge in [-0.15, -0.1) is 0 Å². The van der Waals surface area contributed by atoms with Crippen LogP contribution in [0.3, 0.4) is 0 Å². The quantitative estimate of drug-likeness (QED) is 0.869. The molecule has 20 heavy (non-hydrogen) atoms. The van der Waals surface area contributed by atoms with E-state index in [1.165, 1.54) is 12.8 Å². The molecule has 1 fully saturated rings. The molecule has 104 valence electrons. The minimum atomic E-state index is 0.508. The van der Waals surface area contributed by atoms with Crippen LogP contribution in [0.25, 0.3) is 0 Å². The lowest BCUT2D eigenvalue weighted by atomic mass is 10.3. The number of hydrogen-bond donors (Lipinski definition) is 2. The van der Waals surface area contributed by atoms with Crippen molar-refractivity contribution in [3.05, 3.63) is 40.9 Å². The third-order valence-electron chi connectivity index (χ3n) is 3.18. The van der Waals surface area contributed by atoms with Crippen molar-refractivity contribution in [1.29, 1.82) is 0 Å². The predicted octanol–water partition coefficient (Wildman–Crippen LogP) is 3.96. The van der Waals surface area contributed by atoms with Crippen LogP contribution in [0.5, 0.6) is 5.88 Å². The Kier molecular flexibility index (Phi) is 3.78. The first-order chi connectivity index (χ1) is 9.72. The summed E-state index contributed by atoms with van der Waals surface area (Å²) in [6.07, 6.45) is 2.49. The van der Waals surface area contributed by atoms with E-state index in [0.29, 0.717) is 24.1 Å². The molecule has 3 rings (SSSR count). The van der Waals surface area contributed by atoms with Gasteiger partial charge in [-0.25, -0.2) is 0 Å². The highest BCUT2D eigenvalue weighted by Gasteiger charge is 2.22. The van der Waals surface area contributed by atoms with Gasteiger partial charge in [0.2, 0.25) is 5.88 Å². The molecule has 1 aromatic heterocycles. The van der Waals surface area contributed by atoms with Crippen molar-refractivity contribution < 1.29 is 4.74 Å². The molecule has 4 nitrogen and oxygen atoms in total. The summed E-state index contributed by atoms with van der Waals surface area (Å²) in [5, 5.41) is 3.25. The van der Waals surface area contributed by atoms with Gasteiger partial charge < -0.3 is 15.8 Å². The van der Waals surface area contributed by atoms with Gasteiger partial charge in [0.15, 0.2) is 0 Å². The van der Waals surface area contributed by atoms with Crippen LogP contribution in [0.4, 0.5) is 17.2 Å². The topological polar surface area (TPSA) is 60.2 Å². The summed E-state index contributed by atoms with van der Waals surface area (Å²) in [6, 6.07) is 11.6. The Morgan fingerprint density at radius 1 is 1.25 bits per heavy atom. The van der Waals surface area contributed by atoms with Gasteiger partial charge in [-0.2, -0.15) is 4.98 Å². The van der Waals surface area contributed by atoms with Gasteiger partial charge >= 0.3 is 0 Å². The summed E-state index contributed by atoms with van der Waals surface area (Å²) in [5.74, 6) is 1.90. The molecule has 1 aromatic carbocycles. The van der Waals surface area contributed by atoms with Crippen molar-refractivity contribution in [1.82, 2.24) is 4.98 Å².